The summed E-state index contributed by atoms with van der Waals surface area (Å²) in [5.41, 5.74) is 0. The molecule has 0 aliphatic carbocycles. The minimum Gasteiger partial charge on any atom is -0.266 e. The maximum absolute atomic E-state index is 12.4. The van der Waals surface area contributed by atoms with Gasteiger partial charge in [-0.1, -0.05) is 81.8 Å². The molecule has 0 aromatic heterocycles. The summed E-state index contributed by atoms with van der Waals surface area (Å²) in [7, 11) is -3.69. The van der Waals surface area contributed by atoms with Gasteiger partial charge >= 0.3 is 0 Å². The normalized spacial score (nSPS) is 11.4. The van der Waals surface area contributed by atoms with Gasteiger partial charge in [0.15, 0.2) is 0 Å². The second kappa shape index (κ2) is 11.7. The Morgan fingerprint density at radius 1 is 0.833 bits per heavy atom. The van der Waals surface area contributed by atoms with Gasteiger partial charge in [-0.2, -0.15) is 8.42 Å². The monoisotopic (exact) mass is 472 g/mol. The molecule has 24 heavy (non-hydrogen) atoms. The molecule has 128 valence electrons. The van der Waals surface area contributed by atoms with Crippen molar-refractivity contribution in [3.05, 3.63) is 42.5 Å². The van der Waals surface area contributed by atoms with Crippen molar-refractivity contribution < 1.29 is 12.6 Å². The van der Waals surface area contributed by atoms with Crippen LogP contribution >= 0.6 is 0 Å². The molecule has 0 aliphatic heterocycles. The molecule has 0 atom stereocenters. The summed E-state index contributed by atoms with van der Waals surface area (Å²) in [6, 6.07) is 12.7. The molecule has 2 rings (SSSR count). The summed E-state index contributed by atoms with van der Waals surface area (Å²) < 4.78 is 30.0. The molecule has 0 aliphatic rings. The van der Waals surface area contributed by atoms with Crippen molar-refractivity contribution in [1.29, 1.82) is 0 Å². The van der Waals surface area contributed by atoms with Crippen LogP contribution in [0.25, 0.3) is 10.8 Å². The minimum atomic E-state index is -3.69. The van der Waals surface area contributed by atoms with Gasteiger partial charge in [-0.3, -0.25) is 4.18 Å². The van der Waals surface area contributed by atoms with Crippen molar-refractivity contribution in [2.45, 2.75) is 56.8 Å². The first-order valence-electron chi connectivity index (χ1n) is 8.52. The van der Waals surface area contributed by atoms with Crippen molar-refractivity contribution in [3.8, 4) is 0 Å². The van der Waals surface area contributed by atoms with E-state index in [-0.39, 0.29) is 60.4 Å². The van der Waals surface area contributed by atoms with E-state index in [2.05, 4.69) is 6.92 Å². The zero-order valence-electron chi connectivity index (χ0n) is 14.5. The Morgan fingerprint density at radius 2 is 1.46 bits per heavy atom. The quantitative estimate of drug-likeness (QED) is 0.281. The molecule has 0 bridgehead atoms. The SMILES string of the molecule is CCCCCCCCCOS(=O)(=O)c1cccc2ccccc12.[Ba]. The minimum absolute atomic E-state index is 0. The maximum atomic E-state index is 12.4. The van der Waals surface area contributed by atoms with Crippen LogP contribution in [0.1, 0.15) is 51.9 Å². The zero-order chi connectivity index (χ0) is 16.5. The van der Waals surface area contributed by atoms with Crippen molar-refractivity contribution in [3.63, 3.8) is 0 Å². The summed E-state index contributed by atoms with van der Waals surface area (Å²) in [4.78, 5) is 0.263. The van der Waals surface area contributed by atoms with Crippen LogP contribution in [-0.2, 0) is 14.3 Å². The van der Waals surface area contributed by atoms with Crippen LogP contribution in [0.5, 0.6) is 0 Å². The van der Waals surface area contributed by atoms with Crippen LogP contribution in [0.3, 0.4) is 0 Å². The van der Waals surface area contributed by atoms with Gasteiger partial charge in [0.1, 0.15) is 4.90 Å². The van der Waals surface area contributed by atoms with Crippen molar-refractivity contribution in [2.75, 3.05) is 6.61 Å². The van der Waals surface area contributed by atoms with E-state index in [0.717, 1.165) is 30.0 Å². The van der Waals surface area contributed by atoms with Crippen LogP contribution in [0.15, 0.2) is 47.4 Å². The van der Waals surface area contributed by atoms with E-state index in [1.54, 1.807) is 12.1 Å². The molecule has 2 aromatic carbocycles. The average molecular weight is 472 g/mol. The van der Waals surface area contributed by atoms with Gasteiger partial charge in [-0.15, -0.1) is 0 Å². The van der Waals surface area contributed by atoms with Crippen molar-refractivity contribution >= 4 is 69.8 Å². The van der Waals surface area contributed by atoms with Gasteiger partial charge < -0.3 is 0 Å². The van der Waals surface area contributed by atoms with Crippen molar-refractivity contribution in [2.24, 2.45) is 0 Å². The third-order valence-electron chi connectivity index (χ3n) is 4.01. The molecular weight excluding hydrogens is 446 g/mol. The van der Waals surface area contributed by atoms with E-state index < -0.39 is 10.1 Å². The molecule has 2 radical (unpaired) electrons. The second-order valence-corrected chi connectivity index (χ2v) is 7.46. The third kappa shape index (κ3) is 6.83. The Bertz CT molecular complexity index is 708. The van der Waals surface area contributed by atoms with E-state index in [1.807, 2.05) is 30.3 Å². The first-order valence-corrected chi connectivity index (χ1v) is 9.93. The van der Waals surface area contributed by atoms with Gasteiger partial charge in [-0.05, 0) is 17.9 Å². The molecule has 0 amide bonds. The molecular formula is C19H26BaO3S. The van der Waals surface area contributed by atoms with E-state index in [1.165, 1.54) is 25.7 Å². The van der Waals surface area contributed by atoms with Crippen LogP contribution in [-0.4, -0.2) is 63.9 Å². The molecule has 3 nitrogen and oxygen atoms in total. The molecule has 0 heterocycles. The Morgan fingerprint density at radius 3 is 2.21 bits per heavy atom. The fourth-order valence-electron chi connectivity index (χ4n) is 2.70. The first-order chi connectivity index (χ1) is 11.1. The van der Waals surface area contributed by atoms with Crippen molar-refractivity contribution in [1.82, 2.24) is 0 Å². The van der Waals surface area contributed by atoms with Gasteiger partial charge in [0, 0.05) is 54.3 Å². The van der Waals surface area contributed by atoms with Gasteiger partial charge in [0.05, 0.1) is 6.61 Å². The fourth-order valence-corrected chi connectivity index (χ4v) is 3.87. The van der Waals surface area contributed by atoms with Gasteiger partial charge in [0.25, 0.3) is 10.1 Å². The summed E-state index contributed by atoms with van der Waals surface area (Å²) in [6.07, 6.45) is 7.98. The fraction of sp³-hybridized carbons (Fsp3) is 0.474. The number of fused-ring (bicyclic) bond motifs is 1. The number of unbranched alkanes of at least 4 members (excludes halogenated alkanes) is 6. The van der Waals surface area contributed by atoms with E-state index >= 15 is 0 Å². The molecule has 0 saturated carbocycles. The van der Waals surface area contributed by atoms with Crippen LogP contribution in [0.2, 0.25) is 0 Å². The van der Waals surface area contributed by atoms with Crippen LogP contribution in [0.4, 0.5) is 0 Å². The standard InChI is InChI=1S/C19H26O3S.Ba/c1-2-3-4-5-6-7-10-16-22-23(20,21)19-15-11-13-17-12-8-9-14-18(17)19;/h8-9,11-15H,2-7,10,16H2,1H3;. The number of hydrogen-bond donors (Lipinski definition) is 0. The molecule has 5 heteroatoms. The van der Waals surface area contributed by atoms with E-state index in [4.69, 9.17) is 4.18 Å². The topological polar surface area (TPSA) is 43.4 Å². The molecule has 0 fully saturated rings. The first kappa shape index (κ1) is 22.2. The molecule has 2 aromatic rings. The average Bonchev–Trinajstić information content (AvgIpc) is 2.56. The smallest absolute Gasteiger partial charge is 0.266 e. The molecule has 0 N–H and O–H groups in total. The summed E-state index contributed by atoms with van der Waals surface area (Å²) >= 11 is 0. The molecule has 0 saturated heterocycles. The Hall–Kier alpha value is 0.181. The Balaban J connectivity index is 0.00000288. The Kier molecular flexibility index (Phi) is 10.9. The van der Waals surface area contributed by atoms with Crippen LogP contribution in [0, 0.1) is 0 Å². The molecule has 0 unspecified atom stereocenters. The summed E-state index contributed by atoms with van der Waals surface area (Å²) in [5.74, 6) is 0. The predicted octanol–water partition coefficient (Wildman–Crippen LogP) is 4.91. The summed E-state index contributed by atoms with van der Waals surface area (Å²) in [5, 5.41) is 1.63. The molecule has 0 spiro atoms. The van der Waals surface area contributed by atoms with Crippen LogP contribution < -0.4 is 0 Å². The second-order valence-electron chi connectivity index (χ2n) is 5.87. The maximum Gasteiger partial charge on any atom is 0.297 e. The van der Waals surface area contributed by atoms with E-state index in [9.17, 15) is 8.42 Å². The summed E-state index contributed by atoms with van der Waals surface area (Å²) in [6.45, 7) is 2.46. The number of benzene rings is 2. The van der Waals surface area contributed by atoms with E-state index in [0.29, 0.717) is 0 Å². The largest absolute Gasteiger partial charge is 0.297 e. The third-order valence-corrected chi connectivity index (χ3v) is 5.38. The van der Waals surface area contributed by atoms with Gasteiger partial charge in [-0.25, -0.2) is 0 Å². The predicted molar refractivity (Wildman–Crippen MR) is 101 cm³/mol. The number of rotatable bonds is 10. The van der Waals surface area contributed by atoms with Gasteiger partial charge in [0.2, 0.25) is 0 Å². The zero-order valence-corrected chi connectivity index (χ0v) is 19.8. The number of hydrogen-bond acceptors (Lipinski definition) is 3. The Labute approximate surface area is 186 Å².